The first kappa shape index (κ1) is 68.7. The molecule has 414 valence electrons. The Balaban J connectivity index is 5.33. The van der Waals surface area contributed by atoms with Crippen molar-refractivity contribution >= 4 is 19.7 Å². The van der Waals surface area contributed by atoms with Crippen LogP contribution >= 0.6 is 7.82 Å². The number of amides is 1. The number of unbranched alkanes of at least 4 members (excludes halogenated alkanes) is 29. The third-order valence-corrected chi connectivity index (χ3v) is 13.9. The van der Waals surface area contributed by atoms with Gasteiger partial charge in [-0.25, -0.2) is 0 Å². The van der Waals surface area contributed by atoms with Crippen LogP contribution in [0.25, 0.3) is 0 Å². The predicted molar refractivity (Wildman–Crippen MR) is 302 cm³/mol. The molecule has 0 aliphatic heterocycles. The van der Waals surface area contributed by atoms with E-state index in [0.29, 0.717) is 17.4 Å². The molecule has 1 amide bonds. The lowest BCUT2D eigenvalue weighted by atomic mass is 10.0. The largest absolute Gasteiger partial charge is 0.756 e. The Morgan fingerprint density at radius 2 is 0.859 bits per heavy atom. The lowest BCUT2D eigenvalue weighted by Gasteiger charge is -2.30. The van der Waals surface area contributed by atoms with Gasteiger partial charge in [0.05, 0.1) is 33.8 Å². The summed E-state index contributed by atoms with van der Waals surface area (Å²) < 4.78 is 30.2. The van der Waals surface area contributed by atoms with Crippen molar-refractivity contribution in [2.45, 2.75) is 277 Å². The van der Waals surface area contributed by atoms with Crippen LogP contribution in [-0.4, -0.2) is 69.4 Å². The van der Waals surface area contributed by atoms with Crippen LogP contribution in [0.3, 0.4) is 0 Å². The van der Waals surface area contributed by atoms with Crippen LogP contribution in [0, 0.1) is 0 Å². The van der Waals surface area contributed by atoms with Crippen molar-refractivity contribution in [3.8, 4) is 0 Å². The first-order chi connectivity index (χ1) is 34.4. The summed E-state index contributed by atoms with van der Waals surface area (Å²) in [5, 5.41) is 3.01. The minimum Gasteiger partial charge on any atom is -0.756 e. The third kappa shape index (κ3) is 52.4. The lowest BCUT2D eigenvalue weighted by molar-refractivity contribution is -0.870. The molecule has 0 bridgehead atoms. The number of nitrogens with one attached hydrogen (secondary N) is 1. The SMILES string of the molecule is CCCCC/C=C\C/C=C\C/C=C\C/C=C\CCCCCC(=O)NC(COP(=O)([O-])OCC[N+](C)(C)C)C(/C=C/CCCCCCCCCCC)OC(=O)CCCCCCCCCCCCCCCCC. The number of phosphoric ester groups is 1. The molecule has 10 heteroatoms. The maximum Gasteiger partial charge on any atom is 0.306 e. The Labute approximate surface area is 439 Å². The summed E-state index contributed by atoms with van der Waals surface area (Å²) in [6.45, 7) is 6.79. The Hall–Kier alpha value is -2.29. The summed E-state index contributed by atoms with van der Waals surface area (Å²) in [4.78, 5) is 39.9. The molecule has 1 N–H and O–H groups in total. The van der Waals surface area contributed by atoms with Crippen LogP contribution in [0.4, 0.5) is 0 Å². The molecule has 0 aromatic rings. The van der Waals surface area contributed by atoms with Gasteiger partial charge in [0.25, 0.3) is 7.82 Å². The summed E-state index contributed by atoms with van der Waals surface area (Å²) in [6, 6.07) is -0.903. The van der Waals surface area contributed by atoms with Gasteiger partial charge in [-0.3, -0.25) is 14.2 Å². The summed E-state index contributed by atoms with van der Waals surface area (Å²) in [7, 11) is 1.16. The molecule has 0 aromatic heterocycles. The number of quaternary nitrogens is 1. The van der Waals surface area contributed by atoms with Gasteiger partial charge >= 0.3 is 5.97 Å². The molecule has 0 spiro atoms. The number of phosphoric acid groups is 1. The predicted octanol–water partition coefficient (Wildman–Crippen LogP) is 17.3. The van der Waals surface area contributed by atoms with Crippen LogP contribution in [0.5, 0.6) is 0 Å². The zero-order chi connectivity index (χ0) is 52.2. The first-order valence-electron chi connectivity index (χ1n) is 29.6. The maximum absolute atomic E-state index is 13.5. The highest BCUT2D eigenvalue weighted by molar-refractivity contribution is 7.45. The highest BCUT2D eigenvalue weighted by Gasteiger charge is 2.27. The van der Waals surface area contributed by atoms with E-state index in [0.717, 1.165) is 77.0 Å². The second-order valence-electron chi connectivity index (χ2n) is 21.2. The molecule has 0 radical (unpaired) electrons. The van der Waals surface area contributed by atoms with Crippen molar-refractivity contribution in [2.24, 2.45) is 0 Å². The van der Waals surface area contributed by atoms with E-state index in [-0.39, 0.29) is 31.3 Å². The van der Waals surface area contributed by atoms with Gasteiger partial charge in [0.2, 0.25) is 5.91 Å². The van der Waals surface area contributed by atoms with E-state index in [1.54, 1.807) is 0 Å². The third-order valence-electron chi connectivity index (χ3n) is 13.0. The topological polar surface area (TPSA) is 114 Å². The molecule has 0 aliphatic rings. The molecule has 0 aromatic carbocycles. The van der Waals surface area contributed by atoms with E-state index < -0.39 is 26.6 Å². The van der Waals surface area contributed by atoms with Crippen molar-refractivity contribution in [3.05, 3.63) is 60.8 Å². The molecule has 0 saturated carbocycles. The molecule has 0 aliphatic carbocycles. The molecule has 9 nitrogen and oxygen atoms in total. The number of esters is 1. The van der Waals surface area contributed by atoms with Crippen LogP contribution in [-0.2, 0) is 27.9 Å². The van der Waals surface area contributed by atoms with E-state index in [1.807, 2.05) is 33.3 Å². The zero-order valence-electron chi connectivity index (χ0n) is 47.2. The minimum absolute atomic E-state index is 0.0291. The molecule has 0 heterocycles. The number of hydrogen-bond acceptors (Lipinski definition) is 7. The lowest BCUT2D eigenvalue weighted by Crippen LogP contribution is -2.47. The Morgan fingerprint density at radius 3 is 1.32 bits per heavy atom. The molecule has 0 saturated heterocycles. The summed E-state index contributed by atoms with van der Waals surface area (Å²) in [6.07, 6.45) is 63.3. The highest BCUT2D eigenvalue weighted by atomic mass is 31.2. The monoisotopic (exact) mass is 1020 g/mol. The van der Waals surface area contributed by atoms with Crippen LogP contribution in [0.2, 0.25) is 0 Å². The van der Waals surface area contributed by atoms with E-state index >= 15 is 0 Å². The maximum atomic E-state index is 13.5. The molecule has 3 unspecified atom stereocenters. The second-order valence-corrected chi connectivity index (χ2v) is 22.6. The second kappa shape index (κ2) is 51.2. The van der Waals surface area contributed by atoms with Gasteiger partial charge in [0, 0.05) is 12.8 Å². The normalized spacial score (nSPS) is 14.2. The van der Waals surface area contributed by atoms with Gasteiger partial charge in [-0.15, -0.1) is 0 Å². The fraction of sp³-hybridized carbons (Fsp3) is 0.803. The zero-order valence-corrected chi connectivity index (χ0v) is 48.1. The summed E-state index contributed by atoms with van der Waals surface area (Å²) in [5.41, 5.74) is 0. The van der Waals surface area contributed by atoms with Crippen molar-refractivity contribution in [1.29, 1.82) is 0 Å². The Bertz CT molecular complexity index is 1400. The van der Waals surface area contributed by atoms with Crippen molar-refractivity contribution in [2.75, 3.05) is 40.9 Å². The fourth-order valence-corrected chi connectivity index (χ4v) is 9.05. The van der Waals surface area contributed by atoms with Gasteiger partial charge in [0.15, 0.2) is 0 Å². The molecule has 0 fully saturated rings. The first-order valence-corrected chi connectivity index (χ1v) is 31.1. The van der Waals surface area contributed by atoms with E-state index in [2.05, 4.69) is 74.7 Å². The Kier molecular flexibility index (Phi) is 49.6. The standard InChI is InChI=1S/C61H113N2O7P/c1-7-10-13-16-19-22-25-27-29-30-31-32-34-35-38-41-44-47-50-53-60(64)62-58(57-69-71(66,67)68-56-55-63(4,5)6)59(52-49-46-43-40-37-24-21-18-15-12-9-3)70-61(65)54-51-48-45-42-39-36-33-28-26-23-20-17-14-11-8-2/h19,22,27,29,31-32,35,38,49,52,58-59H,7-18,20-21,23-26,28,30,33-34,36-37,39-48,50-51,53-57H2,1-6H3,(H-,62,64,66,67)/b22-19-,29-27-,32-31-,38-35-,52-49+. The quantitative estimate of drug-likeness (QED) is 0.0212. The van der Waals surface area contributed by atoms with Gasteiger partial charge in [-0.05, 0) is 76.7 Å². The summed E-state index contributed by atoms with van der Waals surface area (Å²) in [5.74, 6) is -0.572. The Morgan fingerprint density at radius 1 is 0.493 bits per heavy atom. The number of carbonyl (C=O) groups excluding carboxylic acids is 2. The van der Waals surface area contributed by atoms with Crippen LogP contribution in [0.15, 0.2) is 60.8 Å². The van der Waals surface area contributed by atoms with Crippen molar-refractivity contribution in [1.82, 2.24) is 5.32 Å². The number of allylic oxidation sites excluding steroid dienone is 9. The smallest absolute Gasteiger partial charge is 0.306 e. The molecular formula is C61H113N2O7P. The minimum atomic E-state index is -4.70. The fourth-order valence-electron chi connectivity index (χ4n) is 8.33. The van der Waals surface area contributed by atoms with Crippen LogP contribution in [0.1, 0.15) is 265 Å². The number of carbonyl (C=O) groups is 2. The van der Waals surface area contributed by atoms with Crippen LogP contribution < -0.4 is 10.2 Å². The number of likely N-dealkylation sites (N-methyl/N-ethyl adjacent to an activating group) is 1. The average Bonchev–Trinajstić information content (AvgIpc) is 3.33. The number of rotatable bonds is 53. The van der Waals surface area contributed by atoms with Gasteiger partial charge < -0.3 is 28.5 Å². The van der Waals surface area contributed by atoms with Crippen molar-refractivity contribution < 1.29 is 37.3 Å². The highest BCUT2D eigenvalue weighted by Crippen LogP contribution is 2.38. The van der Waals surface area contributed by atoms with Crippen molar-refractivity contribution in [3.63, 3.8) is 0 Å². The molecule has 0 rings (SSSR count). The number of hydrogen-bond donors (Lipinski definition) is 1. The average molecular weight is 1020 g/mol. The van der Waals surface area contributed by atoms with Gasteiger partial charge in [-0.2, -0.15) is 0 Å². The number of nitrogens with zero attached hydrogens (tertiary/aromatic N) is 1. The molecule has 3 atom stereocenters. The van der Waals surface area contributed by atoms with Gasteiger partial charge in [0.1, 0.15) is 19.3 Å². The van der Waals surface area contributed by atoms with E-state index in [1.165, 1.54) is 148 Å². The van der Waals surface area contributed by atoms with Gasteiger partial charge in [-0.1, -0.05) is 236 Å². The number of ether oxygens (including phenoxy) is 1. The summed E-state index contributed by atoms with van der Waals surface area (Å²) >= 11 is 0. The molecular weight excluding hydrogens is 904 g/mol. The molecule has 71 heavy (non-hydrogen) atoms. The van der Waals surface area contributed by atoms with E-state index in [4.69, 9.17) is 13.8 Å². The van der Waals surface area contributed by atoms with E-state index in [9.17, 15) is 19.0 Å².